The van der Waals surface area contributed by atoms with Crippen molar-refractivity contribution in [2.45, 2.75) is 0 Å². The molecule has 11 heavy (non-hydrogen) atoms. The Morgan fingerprint density at radius 3 is 2.82 bits per heavy atom. The summed E-state index contributed by atoms with van der Waals surface area (Å²) in [5.74, 6) is 0. The maximum Gasteiger partial charge on any atom is 0.168 e. The summed E-state index contributed by atoms with van der Waals surface area (Å²) in [5, 5.41) is 0. The van der Waals surface area contributed by atoms with Gasteiger partial charge in [-0.2, -0.15) is 0 Å². The summed E-state index contributed by atoms with van der Waals surface area (Å²) < 4.78 is 0. The number of nitrogens with zero attached hydrogens (tertiary/aromatic N) is 2. The van der Waals surface area contributed by atoms with Crippen molar-refractivity contribution in [3.05, 3.63) is 29.6 Å². The molecule has 0 radical (unpaired) electrons. The van der Waals surface area contributed by atoms with Gasteiger partial charge in [-0.3, -0.25) is 9.79 Å². The third-order valence-electron chi connectivity index (χ3n) is 1.17. The largest absolute Gasteiger partial charge is 0.296 e. The average Bonchev–Trinajstić information content (AvgIpc) is 2.06. The third-order valence-corrected chi connectivity index (χ3v) is 1.17. The van der Waals surface area contributed by atoms with Crippen molar-refractivity contribution in [3.63, 3.8) is 0 Å². The molecular weight excluding hydrogens is 140 g/mol. The van der Waals surface area contributed by atoms with Crippen LogP contribution in [0.1, 0.15) is 16.2 Å². The molecule has 0 aromatic carbocycles. The maximum absolute atomic E-state index is 10.3. The van der Waals surface area contributed by atoms with Gasteiger partial charge in [-0.15, -0.1) is 0 Å². The monoisotopic (exact) mass is 148 g/mol. The number of rotatable bonds is 2. The number of aliphatic imine (C=N–C) groups is 1. The minimum atomic E-state index is 0.433. The van der Waals surface area contributed by atoms with Crippen molar-refractivity contribution < 1.29 is 4.79 Å². The molecule has 0 unspecified atom stereocenters. The minimum Gasteiger partial charge on any atom is -0.296 e. The van der Waals surface area contributed by atoms with E-state index in [0.29, 0.717) is 17.7 Å². The van der Waals surface area contributed by atoms with Crippen molar-refractivity contribution in [1.29, 1.82) is 0 Å². The molecule has 0 aliphatic rings. The van der Waals surface area contributed by atoms with Crippen LogP contribution in [0.2, 0.25) is 0 Å². The number of aromatic nitrogens is 1. The second-order valence-electron chi connectivity index (χ2n) is 1.99. The molecule has 3 nitrogen and oxygen atoms in total. The first-order chi connectivity index (χ1) is 5.36. The summed E-state index contributed by atoms with van der Waals surface area (Å²) in [6, 6.07) is 5.22. The Kier molecular flexibility index (Phi) is 2.49. The van der Waals surface area contributed by atoms with Crippen LogP contribution in [0.25, 0.3) is 0 Å². The predicted octanol–water partition coefficient (Wildman–Crippen LogP) is 0.943. The highest BCUT2D eigenvalue weighted by atomic mass is 16.1. The van der Waals surface area contributed by atoms with Gasteiger partial charge < -0.3 is 0 Å². The lowest BCUT2D eigenvalue weighted by atomic mass is 10.3. The Bertz CT molecular complexity index is 281. The van der Waals surface area contributed by atoms with Crippen LogP contribution in [0.3, 0.4) is 0 Å². The van der Waals surface area contributed by atoms with E-state index in [-0.39, 0.29) is 0 Å². The zero-order valence-electron chi connectivity index (χ0n) is 6.19. The van der Waals surface area contributed by atoms with Crippen molar-refractivity contribution in [2.75, 3.05) is 7.05 Å². The molecule has 0 aliphatic carbocycles. The first-order valence-electron chi connectivity index (χ1n) is 3.21. The van der Waals surface area contributed by atoms with E-state index in [2.05, 4.69) is 9.98 Å². The van der Waals surface area contributed by atoms with Crippen LogP contribution < -0.4 is 0 Å². The van der Waals surface area contributed by atoms with Crippen LogP contribution in [0.5, 0.6) is 0 Å². The van der Waals surface area contributed by atoms with Gasteiger partial charge in [0, 0.05) is 13.3 Å². The average molecular weight is 148 g/mol. The summed E-state index contributed by atoms with van der Waals surface area (Å²) in [6.45, 7) is 0. The first-order valence-corrected chi connectivity index (χ1v) is 3.21. The van der Waals surface area contributed by atoms with Gasteiger partial charge in [-0.25, -0.2) is 4.98 Å². The normalized spacial score (nSPS) is 10.3. The fourth-order valence-electron chi connectivity index (χ4n) is 0.739. The molecule has 1 heterocycles. The molecule has 0 saturated heterocycles. The van der Waals surface area contributed by atoms with E-state index in [1.54, 1.807) is 31.5 Å². The number of carbonyl (C=O) groups is 1. The lowest BCUT2D eigenvalue weighted by molar-refractivity contribution is 0.111. The highest BCUT2D eigenvalue weighted by Gasteiger charge is 1.91. The Labute approximate surface area is 64.8 Å². The molecule has 0 aliphatic heterocycles. The fraction of sp³-hybridized carbons (Fsp3) is 0.125. The molecule has 1 rings (SSSR count). The van der Waals surface area contributed by atoms with Crippen molar-refractivity contribution >= 4 is 12.5 Å². The van der Waals surface area contributed by atoms with E-state index in [0.717, 1.165) is 0 Å². The highest BCUT2D eigenvalue weighted by Crippen LogP contribution is 1.93. The van der Waals surface area contributed by atoms with Crippen LogP contribution >= 0.6 is 0 Å². The Balaban J connectivity index is 3.00. The molecule has 56 valence electrons. The molecule has 3 heteroatoms. The molecule has 0 amide bonds. The summed E-state index contributed by atoms with van der Waals surface area (Å²) in [6.07, 6.45) is 2.32. The van der Waals surface area contributed by atoms with Crippen LogP contribution in [-0.4, -0.2) is 24.5 Å². The second kappa shape index (κ2) is 3.61. The lowest BCUT2D eigenvalue weighted by Crippen LogP contribution is -1.91. The number of carbonyl (C=O) groups excluding carboxylic acids is 1. The van der Waals surface area contributed by atoms with Gasteiger partial charge in [-0.05, 0) is 12.1 Å². The van der Waals surface area contributed by atoms with Gasteiger partial charge in [0.15, 0.2) is 6.29 Å². The zero-order valence-corrected chi connectivity index (χ0v) is 6.19. The number of hydrogen-bond donors (Lipinski definition) is 0. The Morgan fingerprint density at radius 2 is 2.18 bits per heavy atom. The van der Waals surface area contributed by atoms with Crippen LogP contribution in [0.15, 0.2) is 23.2 Å². The Hall–Kier alpha value is -1.51. The summed E-state index contributed by atoms with van der Waals surface area (Å²) in [5.41, 5.74) is 1.14. The molecule has 0 N–H and O–H groups in total. The predicted molar refractivity (Wildman–Crippen MR) is 43.1 cm³/mol. The topological polar surface area (TPSA) is 42.3 Å². The van der Waals surface area contributed by atoms with E-state index in [1.807, 2.05) is 0 Å². The van der Waals surface area contributed by atoms with Gasteiger partial charge in [0.25, 0.3) is 0 Å². The molecule has 1 aromatic heterocycles. The molecule has 0 saturated carbocycles. The molecule has 0 atom stereocenters. The third kappa shape index (κ3) is 1.97. The zero-order chi connectivity index (χ0) is 8.10. The van der Waals surface area contributed by atoms with Crippen molar-refractivity contribution in [1.82, 2.24) is 4.98 Å². The molecule has 1 aromatic rings. The van der Waals surface area contributed by atoms with Crippen molar-refractivity contribution in [2.24, 2.45) is 4.99 Å². The van der Waals surface area contributed by atoms with Crippen molar-refractivity contribution in [3.8, 4) is 0 Å². The molecule has 0 spiro atoms. The number of pyridine rings is 1. The molecular formula is C8H8N2O. The number of aldehydes is 1. The smallest absolute Gasteiger partial charge is 0.168 e. The van der Waals surface area contributed by atoms with Gasteiger partial charge in [0.2, 0.25) is 0 Å². The first kappa shape index (κ1) is 7.60. The fourth-order valence-corrected chi connectivity index (χ4v) is 0.739. The van der Waals surface area contributed by atoms with Gasteiger partial charge in [-0.1, -0.05) is 6.07 Å². The standard InChI is InChI=1S/C8H8N2O/c1-9-5-7-3-2-4-8(6-11)10-7/h2-6H,1H3. The van der Waals surface area contributed by atoms with Gasteiger partial charge in [0.05, 0.1) is 5.69 Å². The van der Waals surface area contributed by atoms with Crippen LogP contribution in [0, 0.1) is 0 Å². The molecule has 0 bridgehead atoms. The quantitative estimate of drug-likeness (QED) is 0.462. The second-order valence-corrected chi connectivity index (χ2v) is 1.99. The van der Waals surface area contributed by atoms with E-state index in [9.17, 15) is 4.79 Å². The van der Waals surface area contributed by atoms with E-state index in [1.165, 1.54) is 0 Å². The highest BCUT2D eigenvalue weighted by molar-refractivity contribution is 5.79. The molecule has 0 fully saturated rings. The van der Waals surface area contributed by atoms with E-state index in [4.69, 9.17) is 0 Å². The SMILES string of the molecule is CN=Cc1cccc(C=O)n1. The maximum atomic E-state index is 10.3. The van der Waals surface area contributed by atoms with E-state index >= 15 is 0 Å². The summed E-state index contributed by atoms with van der Waals surface area (Å²) in [7, 11) is 1.66. The minimum absolute atomic E-state index is 0.433. The summed E-state index contributed by atoms with van der Waals surface area (Å²) in [4.78, 5) is 18.0. The Morgan fingerprint density at radius 1 is 1.45 bits per heavy atom. The van der Waals surface area contributed by atoms with E-state index < -0.39 is 0 Å². The van der Waals surface area contributed by atoms with Crippen LogP contribution in [0.4, 0.5) is 0 Å². The number of hydrogen-bond acceptors (Lipinski definition) is 3. The van der Waals surface area contributed by atoms with Gasteiger partial charge >= 0.3 is 0 Å². The van der Waals surface area contributed by atoms with Crippen LogP contribution in [-0.2, 0) is 0 Å². The summed E-state index contributed by atoms with van der Waals surface area (Å²) >= 11 is 0. The van der Waals surface area contributed by atoms with Gasteiger partial charge in [0.1, 0.15) is 5.69 Å². The lowest BCUT2D eigenvalue weighted by Gasteiger charge is -1.91.